The van der Waals surface area contributed by atoms with Crippen LogP contribution >= 0.6 is 0 Å². The van der Waals surface area contributed by atoms with Gasteiger partial charge in [0.05, 0.1) is 0 Å². The van der Waals surface area contributed by atoms with Crippen molar-refractivity contribution in [1.82, 2.24) is 0 Å². The highest BCUT2D eigenvalue weighted by molar-refractivity contribution is 5.60. The summed E-state index contributed by atoms with van der Waals surface area (Å²) in [5.74, 6) is 5.08. The van der Waals surface area contributed by atoms with Gasteiger partial charge in [-0.1, -0.05) is 0 Å². The fourth-order valence-electron chi connectivity index (χ4n) is 1.50. The first-order valence-electron chi connectivity index (χ1n) is 5.24. The third kappa shape index (κ3) is 2.82. The van der Waals surface area contributed by atoms with Gasteiger partial charge in [-0.05, 0) is 36.5 Å². The van der Waals surface area contributed by atoms with Crippen LogP contribution in [-0.2, 0) is 14.3 Å². The zero-order chi connectivity index (χ0) is 12.1. The third-order valence-electron chi connectivity index (χ3n) is 2.44. The minimum absolute atomic E-state index is 0.534. The van der Waals surface area contributed by atoms with Crippen molar-refractivity contribution in [2.75, 3.05) is 0 Å². The van der Waals surface area contributed by atoms with E-state index in [0.29, 0.717) is 35.5 Å². The Morgan fingerprint density at radius 1 is 0.824 bits per heavy atom. The van der Waals surface area contributed by atoms with Gasteiger partial charge in [-0.25, -0.2) is 9.59 Å². The number of allylic oxidation sites excluding steroid dienone is 8. The first-order chi connectivity index (χ1) is 8.31. The molecular weight excluding hydrogens is 216 g/mol. The molecule has 0 amide bonds. The molecule has 0 N–H and O–H groups in total. The van der Waals surface area contributed by atoms with Gasteiger partial charge in [0.1, 0.15) is 23.4 Å². The highest BCUT2D eigenvalue weighted by Crippen LogP contribution is 2.21. The third-order valence-corrected chi connectivity index (χ3v) is 2.44. The molecule has 0 aromatic carbocycles. The molecule has 0 fully saturated rings. The largest absolute Gasteiger partial charge is 0.458 e. The second-order valence-electron chi connectivity index (χ2n) is 3.64. The summed E-state index contributed by atoms with van der Waals surface area (Å²) in [6, 6.07) is 0. The van der Waals surface area contributed by atoms with E-state index in [-0.39, 0.29) is 0 Å². The van der Waals surface area contributed by atoms with Crippen LogP contribution in [0.1, 0.15) is 12.8 Å². The SMILES string of the molecule is O=C=C1C=CC(OC2=CCC(=C=O)C=C2)=CC1. The minimum Gasteiger partial charge on any atom is -0.458 e. The van der Waals surface area contributed by atoms with Crippen LogP contribution in [-0.4, -0.2) is 11.9 Å². The van der Waals surface area contributed by atoms with Gasteiger partial charge in [-0.2, -0.15) is 0 Å². The highest BCUT2D eigenvalue weighted by Gasteiger charge is 2.07. The summed E-state index contributed by atoms with van der Waals surface area (Å²) in [6.45, 7) is 0. The summed E-state index contributed by atoms with van der Waals surface area (Å²) in [5, 5.41) is 0. The van der Waals surface area contributed by atoms with Crippen LogP contribution in [0.4, 0.5) is 0 Å². The molecule has 0 saturated heterocycles. The van der Waals surface area contributed by atoms with Gasteiger partial charge < -0.3 is 4.74 Å². The zero-order valence-electron chi connectivity index (χ0n) is 9.10. The van der Waals surface area contributed by atoms with Crippen LogP contribution in [0.2, 0.25) is 0 Å². The molecule has 0 saturated carbocycles. The van der Waals surface area contributed by atoms with Crippen LogP contribution in [0.5, 0.6) is 0 Å². The summed E-state index contributed by atoms with van der Waals surface area (Å²) >= 11 is 0. The maximum absolute atomic E-state index is 10.4. The molecule has 2 rings (SSSR count). The molecule has 2 aliphatic rings. The van der Waals surface area contributed by atoms with E-state index >= 15 is 0 Å². The minimum atomic E-state index is 0.534. The standard InChI is InChI=1S/C14H10O3/c15-9-11-1-5-13(6-2-11)17-14-7-3-12(10-16)4-8-14/h1,3,5-8H,2,4H2. The lowest BCUT2D eigenvalue weighted by Crippen LogP contribution is -1.96. The molecule has 17 heavy (non-hydrogen) atoms. The second kappa shape index (κ2) is 5.13. The topological polar surface area (TPSA) is 43.4 Å². The molecule has 0 spiro atoms. The van der Waals surface area contributed by atoms with Crippen molar-refractivity contribution in [3.63, 3.8) is 0 Å². The fourth-order valence-corrected chi connectivity index (χ4v) is 1.50. The van der Waals surface area contributed by atoms with E-state index in [1.54, 1.807) is 24.3 Å². The van der Waals surface area contributed by atoms with E-state index in [2.05, 4.69) is 0 Å². The number of rotatable bonds is 2. The normalized spacial score (nSPS) is 18.1. The fraction of sp³-hybridized carbons (Fsp3) is 0.143. The van der Waals surface area contributed by atoms with Crippen molar-refractivity contribution in [3.05, 3.63) is 59.1 Å². The maximum Gasteiger partial charge on any atom is 0.128 e. The smallest absolute Gasteiger partial charge is 0.128 e. The van der Waals surface area contributed by atoms with Gasteiger partial charge in [-0.3, -0.25) is 0 Å². The lowest BCUT2D eigenvalue weighted by molar-refractivity contribution is 0.331. The Bertz CT molecular complexity index is 496. The van der Waals surface area contributed by atoms with Gasteiger partial charge in [0.25, 0.3) is 0 Å². The summed E-state index contributed by atoms with van der Waals surface area (Å²) in [6.07, 6.45) is 11.5. The molecule has 0 radical (unpaired) electrons. The molecule has 2 aliphatic carbocycles. The van der Waals surface area contributed by atoms with E-state index in [1.807, 2.05) is 24.0 Å². The summed E-state index contributed by atoms with van der Waals surface area (Å²) in [4.78, 5) is 20.8. The Morgan fingerprint density at radius 3 is 1.59 bits per heavy atom. The molecule has 0 aromatic rings. The number of ether oxygens (including phenoxy) is 1. The molecule has 3 heteroatoms. The lowest BCUT2D eigenvalue weighted by Gasteiger charge is -2.12. The van der Waals surface area contributed by atoms with Crippen molar-refractivity contribution in [1.29, 1.82) is 0 Å². The van der Waals surface area contributed by atoms with Crippen molar-refractivity contribution in [3.8, 4) is 0 Å². The number of carbonyl (C=O) groups excluding carboxylic acids is 2. The molecule has 0 unspecified atom stereocenters. The van der Waals surface area contributed by atoms with Crippen LogP contribution in [0.3, 0.4) is 0 Å². The van der Waals surface area contributed by atoms with E-state index in [4.69, 9.17) is 4.74 Å². The second-order valence-corrected chi connectivity index (χ2v) is 3.64. The highest BCUT2D eigenvalue weighted by atomic mass is 16.5. The van der Waals surface area contributed by atoms with E-state index in [0.717, 1.165) is 0 Å². The first kappa shape index (κ1) is 11.2. The number of hydrogen-bond acceptors (Lipinski definition) is 3. The first-order valence-corrected chi connectivity index (χ1v) is 5.24. The van der Waals surface area contributed by atoms with E-state index in [9.17, 15) is 9.59 Å². The molecule has 0 bridgehead atoms. The molecule has 0 aromatic heterocycles. The Morgan fingerprint density at radius 2 is 1.29 bits per heavy atom. The predicted octanol–water partition coefficient (Wildman–Crippen LogP) is 2.21. The summed E-state index contributed by atoms with van der Waals surface area (Å²) < 4.78 is 5.58. The Labute approximate surface area is 98.8 Å². The molecular formula is C14H10O3. The van der Waals surface area contributed by atoms with E-state index in [1.165, 1.54) is 0 Å². The predicted molar refractivity (Wildman–Crippen MR) is 63.2 cm³/mol. The zero-order valence-corrected chi connectivity index (χ0v) is 9.10. The van der Waals surface area contributed by atoms with Crippen molar-refractivity contribution < 1.29 is 14.3 Å². The molecule has 84 valence electrons. The van der Waals surface area contributed by atoms with Crippen molar-refractivity contribution >= 4 is 11.9 Å². The number of hydrogen-bond donors (Lipinski definition) is 0. The van der Waals surface area contributed by atoms with Crippen molar-refractivity contribution in [2.24, 2.45) is 0 Å². The average Bonchev–Trinajstić information content (AvgIpc) is 2.40. The molecule has 0 aliphatic heterocycles. The molecule has 0 atom stereocenters. The molecule has 0 heterocycles. The monoisotopic (exact) mass is 226 g/mol. The lowest BCUT2D eigenvalue weighted by atomic mass is 10.1. The van der Waals surface area contributed by atoms with E-state index < -0.39 is 0 Å². The summed E-state index contributed by atoms with van der Waals surface area (Å²) in [7, 11) is 0. The summed E-state index contributed by atoms with van der Waals surface area (Å²) in [5.41, 5.74) is 1.22. The van der Waals surface area contributed by atoms with Gasteiger partial charge in [0, 0.05) is 24.0 Å². The maximum atomic E-state index is 10.4. The Hall–Kier alpha value is -2.34. The Kier molecular flexibility index (Phi) is 3.37. The van der Waals surface area contributed by atoms with Gasteiger partial charge in [0.15, 0.2) is 0 Å². The van der Waals surface area contributed by atoms with Crippen LogP contribution in [0.15, 0.2) is 59.1 Å². The van der Waals surface area contributed by atoms with Gasteiger partial charge in [-0.15, -0.1) is 0 Å². The van der Waals surface area contributed by atoms with Crippen LogP contribution in [0.25, 0.3) is 0 Å². The van der Waals surface area contributed by atoms with Gasteiger partial charge in [0.2, 0.25) is 0 Å². The Balaban J connectivity index is 2.01. The average molecular weight is 226 g/mol. The van der Waals surface area contributed by atoms with Crippen molar-refractivity contribution in [2.45, 2.75) is 12.8 Å². The molecule has 3 nitrogen and oxygen atoms in total. The van der Waals surface area contributed by atoms with Gasteiger partial charge >= 0.3 is 0 Å². The quantitative estimate of drug-likeness (QED) is 0.678. The van der Waals surface area contributed by atoms with Crippen LogP contribution < -0.4 is 0 Å². The van der Waals surface area contributed by atoms with Crippen LogP contribution in [0, 0.1) is 0 Å².